The molecule has 1 aromatic rings. The highest BCUT2D eigenvalue weighted by molar-refractivity contribution is 6.32. The van der Waals surface area contributed by atoms with Gasteiger partial charge < -0.3 is 15.2 Å². The highest BCUT2D eigenvalue weighted by Gasteiger charge is 2.09. The first-order valence-corrected chi connectivity index (χ1v) is 6.12. The SMILES string of the molecule is COc1cc(CCCC(C)N)c(OC)cc1Cl. The summed E-state index contributed by atoms with van der Waals surface area (Å²) in [6.45, 7) is 2.01. The van der Waals surface area contributed by atoms with Crippen LogP contribution >= 0.6 is 11.6 Å². The van der Waals surface area contributed by atoms with Crippen LogP contribution in [0.25, 0.3) is 0 Å². The van der Waals surface area contributed by atoms with E-state index in [1.807, 2.05) is 13.0 Å². The Balaban J connectivity index is 2.81. The van der Waals surface area contributed by atoms with Gasteiger partial charge in [0, 0.05) is 12.1 Å². The average Bonchev–Trinajstić information content (AvgIpc) is 2.30. The van der Waals surface area contributed by atoms with Crippen LogP contribution in [0.2, 0.25) is 5.02 Å². The number of aryl methyl sites for hydroxylation is 1. The summed E-state index contributed by atoms with van der Waals surface area (Å²) in [6, 6.07) is 3.96. The van der Waals surface area contributed by atoms with Gasteiger partial charge >= 0.3 is 0 Å². The summed E-state index contributed by atoms with van der Waals surface area (Å²) in [5.74, 6) is 1.49. The van der Waals surface area contributed by atoms with Gasteiger partial charge in [-0.05, 0) is 37.8 Å². The number of hydrogen-bond donors (Lipinski definition) is 1. The Labute approximate surface area is 108 Å². The molecule has 0 heterocycles. The van der Waals surface area contributed by atoms with Gasteiger partial charge in [0.15, 0.2) is 0 Å². The minimum absolute atomic E-state index is 0.232. The largest absolute Gasteiger partial charge is 0.496 e. The van der Waals surface area contributed by atoms with Crippen LogP contribution in [0.15, 0.2) is 12.1 Å². The number of benzene rings is 1. The molecule has 17 heavy (non-hydrogen) atoms. The first-order valence-electron chi connectivity index (χ1n) is 5.74. The summed E-state index contributed by atoms with van der Waals surface area (Å²) in [4.78, 5) is 0. The molecule has 0 saturated carbocycles. The number of nitrogens with two attached hydrogens (primary N) is 1. The third-order valence-corrected chi connectivity index (χ3v) is 2.96. The quantitative estimate of drug-likeness (QED) is 0.852. The van der Waals surface area contributed by atoms with E-state index in [9.17, 15) is 0 Å². The molecule has 4 heteroatoms. The molecule has 1 atom stereocenters. The van der Waals surface area contributed by atoms with Gasteiger partial charge in [0.05, 0.1) is 19.2 Å². The second-order valence-corrected chi connectivity index (χ2v) is 4.58. The van der Waals surface area contributed by atoms with Crippen molar-refractivity contribution in [2.45, 2.75) is 32.2 Å². The molecule has 0 aliphatic carbocycles. The molecule has 1 aromatic carbocycles. The lowest BCUT2D eigenvalue weighted by molar-refractivity contribution is 0.398. The molecule has 0 fully saturated rings. The fourth-order valence-corrected chi connectivity index (χ4v) is 1.96. The molecule has 0 saturated heterocycles. The molecule has 2 N–H and O–H groups in total. The minimum atomic E-state index is 0.232. The normalized spacial score (nSPS) is 12.3. The zero-order chi connectivity index (χ0) is 12.8. The molecule has 3 nitrogen and oxygen atoms in total. The van der Waals surface area contributed by atoms with E-state index in [1.54, 1.807) is 20.3 Å². The molecule has 0 aliphatic heterocycles. The third kappa shape index (κ3) is 4.10. The first-order chi connectivity index (χ1) is 8.08. The van der Waals surface area contributed by atoms with Crippen molar-refractivity contribution in [3.05, 3.63) is 22.7 Å². The minimum Gasteiger partial charge on any atom is -0.496 e. The van der Waals surface area contributed by atoms with Crippen LogP contribution in [-0.2, 0) is 6.42 Å². The van der Waals surface area contributed by atoms with Crippen molar-refractivity contribution < 1.29 is 9.47 Å². The fourth-order valence-electron chi connectivity index (χ4n) is 1.73. The predicted molar refractivity (Wildman–Crippen MR) is 71.1 cm³/mol. The monoisotopic (exact) mass is 257 g/mol. The van der Waals surface area contributed by atoms with Gasteiger partial charge in [0.2, 0.25) is 0 Å². The second kappa shape index (κ2) is 6.72. The van der Waals surface area contributed by atoms with Gasteiger partial charge in [-0.15, -0.1) is 0 Å². The molecule has 0 spiro atoms. The molecule has 0 amide bonds. The highest BCUT2D eigenvalue weighted by Crippen LogP contribution is 2.33. The molecular formula is C13H20ClNO2. The fraction of sp³-hybridized carbons (Fsp3) is 0.538. The van der Waals surface area contributed by atoms with Crippen molar-refractivity contribution >= 4 is 11.6 Å². The number of ether oxygens (including phenoxy) is 2. The van der Waals surface area contributed by atoms with Gasteiger partial charge in [0.25, 0.3) is 0 Å². The summed E-state index contributed by atoms with van der Waals surface area (Å²) in [6.07, 6.45) is 2.94. The predicted octanol–water partition coefficient (Wildman–Crippen LogP) is 3.03. The molecule has 1 rings (SSSR count). The van der Waals surface area contributed by atoms with Gasteiger partial charge in [-0.1, -0.05) is 11.6 Å². The van der Waals surface area contributed by atoms with E-state index < -0.39 is 0 Å². The molecular weight excluding hydrogens is 238 g/mol. The highest BCUT2D eigenvalue weighted by atomic mass is 35.5. The summed E-state index contributed by atoms with van der Waals surface area (Å²) in [5.41, 5.74) is 6.84. The molecule has 0 radical (unpaired) electrons. The Morgan fingerprint density at radius 1 is 1.24 bits per heavy atom. The Kier molecular flexibility index (Phi) is 5.59. The van der Waals surface area contributed by atoms with E-state index in [4.69, 9.17) is 26.8 Å². The molecule has 96 valence electrons. The zero-order valence-electron chi connectivity index (χ0n) is 10.6. The Morgan fingerprint density at radius 3 is 2.41 bits per heavy atom. The van der Waals surface area contributed by atoms with E-state index in [0.29, 0.717) is 10.8 Å². The van der Waals surface area contributed by atoms with Crippen LogP contribution in [0.1, 0.15) is 25.3 Å². The topological polar surface area (TPSA) is 44.5 Å². The van der Waals surface area contributed by atoms with Crippen molar-refractivity contribution in [2.24, 2.45) is 5.73 Å². The maximum atomic E-state index is 6.04. The van der Waals surface area contributed by atoms with Crippen molar-refractivity contribution in [1.29, 1.82) is 0 Å². The maximum absolute atomic E-state index is 6.04. The molecule has 1 unspecified atom stereocenters. The Bertz CT molecular complexity index is 367. The standard InChI is InChI=1S/C13H20ClNO2/c1-9(15)5-4-6-10-7-13(17-3)11(14)8-12(10)16-2/h7-9H,4-6,15H2,1-3H3. The van der Waals surface area contributed by atoms with Gasteiger partial charge in [-0.25, -0.2) is 0 Å². The lowest BCUT2D eigenvalue weighted by Gasteiger charge is -2.12. The number of rotatable bonds is 6. The third-order valence-electron chi connectivity index (χ3n) is 2.66. The average molecular weight is 258 g/mol. The van der Waals surface area contributed by atoms with E-state index in [1.165, 1.54) is 0 Å². The van der Waals surface area contributed by atoms with Gasteiger partial charge in [-0.3, -0.25) is 0 Å². The van der Waals surface area contributed by atoms with E-state index >= 15 is 0 Å². The smallest absolute Gasteiger partial charge is 0.137 e. The van der Waals surface area contributed by atoms with Crippen LogP contribution in [-0.4, -0.2) is 20.3 Å². The summed E-state index contributed by atoms with van der Waals surface area (Å²) < 4.78 is 10.5. The summed E-state index contributed by atoms with van der Waals surface area (Å²) in [7, 11) is 3.26. The Hall–Kier alpha value is -0.930. The van der Waals surface area contributed by atoms with Crippen molar-refractivity contribution in [2.75, 3.05) is 14.2 Å². The lowest BCUT2D eigenvalue weighted by Crippen LogP contribution is -2.14. The Morgan fingerprint density at radius 2 is 1.88 bits per heavy atom. The van der Waals surface area contributed by atoms with Crippen molar-refractivity contribution in [1.82, 2.24) is 0 Å². The number of methoxy groups -OCH3 is 2. The van der Waals surface area contributed by atoms with Crippen LogP contribution in [0.3, 0.4) is 0 Å². The summed E-state index contributed by atoms with van der Waals surface area (Å²) >= 11 is 6.04. The van der Waals surface area contributed by atoms with Crippen LogP contribution in [0.4, 0.5) is 0 Å². The first kappa shape index (κ1) is 14.1. The maximum Gasteiger partial charge on any atom is 0.137 e. The molecule has 0 bridgehead atoms. The van der Waals surface area contributed by atoms with E-state index in [2.05, 4.69) is 0 Å². The second-order valence-electron chi connectivity index (χ2n) is 4.17. The van der Waals surface area contributed by atoms with Gasteiger partial charge in [-0.2, -0.15) is 0 Å². The zero-order valence-corrected chi connectivity index (χ0v) is 11.4. The van der Waals surface area contributed by atoms with Crippen LogP contribution < -0.4 is 15.2 Å². The van der Waals surface area contributed by atoms with E-state index in [0.717, 1.165) is 30.6 Å². The van der Waals surface area contributed by atoms with Crippen LogP contribution in [0, 0.1) is 0 Å². The number of hydrogen-bond acceptors (Lipinski definition) is 3. The molecule has 0 aromatic heterocycles. The van der Waals surface area contributed by atoms with E-state index in [-0.39, 0.29) is 6.04 Å². The summed E-state index contributed by atoms with van der Waals surface area (Å²) in [5, 5.41) is 0.570. The van der Waals surface area contributed by atoms with Gasteiger partial charge in [0.1, 0.15) is 11.5 Å². The lowest BCUT2D eigenvalue weighted by atomic mass is 10.0. The van der Waals surface area contributed by atoms with Crippen molar-refractivity contribution in [3.8, 4) is 11.5 Å². The molecule has 0 aliphatic rings. The van der Waals surface area contributed by atoms with Crippen LogP contribution in [0.5, 0.6) is 11.5 Å². The van der Waals surface area contributed by atoms with Crippen molar-refractivity contribution in [3.63, 3.8) is 0 Å². The number of halogens is 1.